The summed E-state index contributed by atoms with van der Waals surface area (Å²) in [4.78, 5) is 18.3. The Morgan fingerprint density at radius 2 is 1.64 bits per heavy atom. The van der Waals surface area contributed by atoms with E-state index in [-0.39, 0.29) is 0 Å². The maximum Gasteiger partial charge on any atom is 0.147 e. The predicted octanol–water partition coefficient (Wildman–Crippen LogP) is 3.17. The van der Waals surface area contributed by atoms with Gasteiger partial charge in [-0.3, -0.25) is 4.98 Å². The molecule has 0 N–H and O–H groups in total. The van der Waals surface area contributed by atoms with Crippen molar-refractivity contribution in [3.8, 4) is 11.3 Å². The molecule has 0 spiro atoms. The number of nitrogens with zero attached hydrogens (tertiary/aromatic N) is 5. The largest absolute Gasteiger partial charge is 0.353 e. The van der Waals surface area contributed by atoms with Crippen molar-refractivity contribution in [1.82, 2.24) is 15.0 Å². The number of pyridine rings is 1. The highest BCUT2D eigenvalue weighted by molar-refractivity contribution is 5.61. The number of rotatable bonds is 3. The normalized spacial score (nSPS) is 14.6. The summed E-state index contributed by atoms with van der Waals surface area (Å²) in [6, 6.07) is 14.4. The number of aryl methyl sites for hydroxylation is 1. The Bertz CT molecular complexity index is 841. The lowest BCUT2D eigenvalue weighted by molar-refractivity contribution is 0.641. The summed E-state index contributed by atoms with van der Waals surface area (Å²) >= 11 is 0. The number of anilines is 2. The zero-order valence-electron chi connectivity index (χ0n) is 14.3. The first kappa shape index (κ1) is 15.6. The van der Waals surface area contributed by atoms with Crippen LogP contribution in [0.4, 0.5) is 11.6 Å². The van der Waals surface area contributed by atoms with Gasteiger partial charge in [-0.05, 0) is 25.1 Å². The molecule has 2 aromatic heterocycles. The van der Waals surface area contributed by atoms with Crippen molar-refractivity contribution in [2.75, 3.05) is 36.0 Å². The van der Waals surface area contributed by atoms with Gasteiger partial charge in [-0.15, -0.1) is 0 Å². The highest BCUT2D eigenvalue weighted by atomic mass is 15.3. The van der Waals surface area contributed by atoms with Crippen molar-refractivity contribution in [2.45, 2.75) is 6.92 Å². The number of aromatic nitrogens is 3. The summed E-state index contributed by atoms with van der Waals surface area (Å²) in [5.74, 6) is 1.99. The van der Waals surface area contributed by atoms with Gasteiger partial charge < -0.3 is 9.80 Å². The molecule has 4 rings (SSSR count). The van der Waals surface area contributed by atoms with Crippen LogP contribution in [0.15, 0.2) is 61.1 Å². The second-order valence-corrected chi connectivity index (χ2v) is 6.29. The second kappa shape index (κ2) is 6.89. The molecule has 25 heavy (non-hydrogen) atoms. The highest BCUT2D eigenvalue weighted by Gasteiger charge is 2.19. The fourth-order valence-corrected chi connectivity index (χ4v) is 3.16. The molecule has 1 saturated heterocycles. The van der Waals surface area contributed by atoms with E-state index in [9.17, 15) is 0 Å². The van der Waals surface area contributed by atoms with Gasteiger partial charge in [0.05, 0.1) is 18.1 Å². The van der Waals surface area contributed by atoms with Gasteiger partial charge in [-0.25, -0.2) is 9.97 Å². The van der Waals surface area contributed by atoms with E-state index < -0.39 is 0 Å². The Balaban J connectivity index is 1.49. The molecule has 0 amide bonds. The SMILES string of the molecule is Cc1cccc(-c2cncc(N3CCN(c4ccccn4)CC3)n2)c1. The number of hydrogen-bond donors (Lipinski definition) is 0. The number of hydrogen-bond acceptors (Lipinski definition) is 5. The van der Waals surface area contributed by atoms with Gasteiger partial charge in [0.25, 0.3) is 0 Å². The van der Waals surface area contributed by atoms with Crippen molar-refractivity contribution in [1.29, 1.82) is 0 Å². The van der Waals surface area contributed by atoms with Crippen LogP contribution in [0.25, 0.3) is 11.3 Å². The third-order valence-electron chi connectivity index (χ3n) is 4.51. The van der Waals surface area contributed by atoms with E-state index in [0.717, 1.165) is 49.1 Å². The molecule has 0 unspecified atom stereocenters. The molecule has 0 bridgehead atoms. The molecule has 126 valence electrons. The monoisotopic (exact) mass is 331 g/mol. The van der Waals surface area contributed by atoms with Crippen molar-refractivity contribution < 1.29 is 0 Å². The first-order valence-corrected chi connectivity index (χ1v) is 8.59. The maximum atomic E-state index is 4.83. The van der Waals surface area contributed by atoms with Crippen molar-refractivity contribution in [2.24, 2.45) is 0 Å². The molecular weight excluding hydrogens is 310 g/mol. The third-order valence-corrected chi connectivity index (χ3v) is 4.51. The Hall–Kier alpha value is -2.95. The number of piperazine rings is 1. The summed E-state index contributed by atoms with van der Waals surface area (Å²) in [5.41, 5.74) is 3.27. The van der Waals surface area contributed by atoms with E-state index in [2.05, 4.69) is 57.0 Å². The maximum absolute atomic E-state index is 4.83. The first-order valence-electron chi connectivity index (χ1n) is 8.59. The van der Waals surface area contributed by atoms with Crippen LogP contribution < -0.4 is 9.80 Å². The van der Waals surface area contributed by atoms with Crippen molar-refractivity contribution in [3.63, 3.8) is 0 Å². The van der Waals surface area contributed by atoms with E-state index >= 15 is 0 Å². The van der Waals surface area contributed by atoms with Crippen LogP contribution in [0.5, 0.6) is 0 Å². The molecule has 0 radical (unpaired) electrons. The van der Waals surface area contributed by atoms with Crippen LogP contribution in [0.1, 0.15) is 5.56 Å². The smallest absolute Gasteiger partial charge is 0.147 e. The summed E-state index contributed by atoms with van der Waals surface area (Å²) in [6.07, 6.45) is 5.54. The molecule has 3 aromatic rings. The average molecular weight is 331 g/mol. The third kappa shape index (κ3) is 3.45. The Labute approximate surface area is 148 Å². The average Bonchev–Trinajstić information content (AvgIpc) is 2.69. The van der Waals surface area contributed by atoms with Gasteiger partial charge in [-0.2, -0.15) is 0 Å². The van der Waals surface area contributed by atoms with Crippen LogP contribution in [0.3, 0.4) is 0 Å². The summed E-state index contributed by atoms with van der Waals surface area (Å²) in [7, 11) is 0. The van der Waals surface area contributed by atoms with Gasteiger partial charge in [0.1, 0.15) is 11.6 Å². The number of benzene rings is 1. The van der Waals surface area contributed by atoms with Crippen LogP contribution >= 0.6 is 0 Å². The molecule has 0 aliphatic carbocycles. The zero-order valence-corrected chi connectivity index (χ0v) is 14.3. The van der Waals surface area contributed by atoms with Gasteiger partial charge in [0.15, 0.2) is 0 Å². The molecule has 5 nitrogen and oxygen atoms in total. The molecule has 5 heteroatoms. The van der Waals surface area contributed by atoms with Gasteiger partial charge in [0.2, 0.25) is 0 Å². The lowest BCUT2D eigenvalue weighted by Gasteiger charge is -2.36. The van der Waals surface area contributed by atoms with Crippen LogP contribution in [-0.2, 0) is 0 Å². The fourth-order valence-electron chi connectivity index (χ4n) is 3.16. The van der Waals surface area contributed by atoms with Crippen molar-refractivity contribution in [3.05, 3.63) is 66.6 Å². The van der Waals surface area contributed by atoms with Gasteiger partial charge >= 0.3 is 0 Å². The van der Waals surface area contributed by atoms with E-state index in [1.54, 1.807) is 0 Å². The predicted molar refractivity (Wildman–Crippen MR) is 101 cm³/mol. The fraction of sp³-hybridized carbons (Fsp3) is 0.250. The molecular formula is C20H21N5. The molecule has 1 fully saturated rings. The molecule has 3 heterocycles. The molecule has 1 aromatic carbocycles. The molecule has 1 aliphatic heterocycles. The lowest BCUT2D eigenvalue weighted by atomic mass is 10.1. The lowest BCUT2D eigenvalue weighted by Crippen LogP contribution is -2.47. The first-order chi connectivity index (χ1) is 12.3. The summed E-state index contributed by atoms with van der Waals surface area (Å²) < 4.78 is 0. The topological polar surface area (TPSA) is 45.2 Å². The van der Waals surface area contributed by atoms with Gasteiger partial charge in [0, 0.05) is 37.9 Å². The minimum atomic E-state index is 0.919. The van der Waals surface area contributed by atoms with E-state index in [1.807, 2.05) is 30.7 Å². The van der Waals surface area contributed by atoms with Crippen molar-refractivity contribution >= 4 is 11.6 Å². The molecule has 1 aliphatic rings. The standard InChI is InChI=1S/C20H21N5/c1-16-5-4-6-17(13-16)18-14-21-15-20(23-18)25-11-9-24(10-12-25)19-7-2-3-8-22-19/h2-8,13-15H,9-12H2,1H3. The van der Waals surface area contributed by atoms with Crippen LogP contribution in [0.2, 0.25) is 0 Å². The minimum absolute atomic E-state index is 0.919. The summed E-state index contributed by atoms with van der Waals surface area (Å²) in [5, 5.41) is 0. The Kier molecular flexibility index (Phi) is 4.29. The molecule has 0 atom stereocenters. The highest BCUT2D eigenvalue weighted by Crippen LogP contribution is 2.22. The Morgan fingerprint density at radius 3 is 2.36 bits per heavy atom. The van der Waals surface area contributed by atoms with E-state index in [4.69, 9.17) is 4.98 Å². The zero-order chi connectivity index (χ0) is 17.1. The van der Waals surface area contributed by atoms with E-state index in [1.165, 1.54) is 5.56 Å². The van der Waals surface area contributed by atoms with Crippen LogP contribution in [-0.4, -0.2) is 41.1 Å². The van der Waals surface area contributed by atoms with Gasteiger partial charge in [-0.1, -0.05) is 29.8 Å². The second-order valence-electron chi connectivity index (χ2n) is 6.29. The molecule has 0 saturated carbocycles. The summed E-state index contributed by atoms with van der Waals surface area (Å²) in [6.45, 7) is 5.81. The minimum Gasteiger partial charge on any atom is -0.353 e. The van der Waals surface area contributed by atoms with E-state index in [0.29, 0.717) is 0 Å². The quantitative estimate of drug-likeness (QED) is 0.737. The van der Waals surface area contributed by atoms with Crippen LogP contribution in [0, 0.1) is 6.92 Å². The Morgan fingerprint density at radius 1 is 0.840 bits per heavy atom.